The number of ether oxygens (including phenoxy) is 1. The van der Waals surface area contributed by atoms with Gasteiger partial charge in [-0.25, -0.2) is 13.1 Å². The molecule has 8 heteroatoms. The summed E-state index contributed by atoms with van der Waals surface area (Å²) in [7, 11) is -2.27. The van der Waals surface area contributed by atoms with Crippen LogP contribution in [-0.4, -0.2) is 32.2 Å². The Bertz CT molecular complexity index is 1120. The van der Waals surface area contributed by atoms with Gasteiger partial charge in [0, 0.05) is 12.1 Å². The summed E-state index contributed by atoms with van der Waals surface area (Å²) in [6, 6.07) is 12.3. The Labute approximate surface area is 188 Å². The summed E-state index contributed by atoms with van der Waals surface area (Å²) in [5.74, 6) is -0.0778. The van der Waals surface area contributed by atoms with Crippen LogP contribution in [0.5, 0.6) is 5.75 Å². The zero-order valence-electron chi connectivity index (χ0n) is 18.3. The molecule has 1 aliphatic heterocycles. The van der Waals surface area contributed by atoms with Gasteiger partial charge in [-0.3, -0.25) is 14.5 Å². The number of imide groups is 1. The topological polar surface area (TPSA) is 92.8 Å². The van der Waals surface area contributed by atoms with Crippen LogP contribution in [-0.2, 0) is 32.7 Å². The summed E-state index contributed by atoms with van der Waals surface area (Å²) in [6.07, 6.45) is 3.45. The monoisotopic (exact) mass is 456 g/mol. The van der Waals surface area contributed by atoms with Crippen LogP contribution in [0.2, 0.25) is 0 Å². The first-order valence-corrected chi connectivity index (χ1v) is 12.4. The van der Waals surface area contributed by atoms with Gasteiger partial charge in [0.1, 0.15) is 5.75 Å². The van der Waals surface area contributed by atoms with Crippen LogP contribution in [0.15, 0.2) is 47.4 Å². The lowest BCUT2D eigenvalue weighted by molar-refractivity contribution is -0.140. The van der Waals surface area contributed by atoms with E-state index in [9.17, 15) is 18.0 Å². The van der Waals surface area contributed by atoms with Crippen molar-refractivity contribution < 1.29 is 22.7 Å². The van der Waals surface area contributed by atoms with Gasteiger partial charge in [-0.2, -0.15) is 0 Å². The molecule has 0 unspecified atom stereocenters. The largest absolute Gasteiger partial charge is 0.496 e. The number of rotatable bonds is 7. The van der Waals surface area contributed by atoms with E-state index in [1.165, 1.54) is 12.0 Å². The number of hydrogen-bond donors (Lipinski definition) is 1. The zero-order chi connectivity index (χ0) is 22.9. The third-order valence-electron chi connectivity index (χ3n) is 6.46. The van der Waals surface area contributed by atoms with Crippen molar-refractivity contribution >= 4 is 21.8 Å². The maximum absolute atomic E-state index is 13.0. The fourth-order valence-electron chi connectivity index (χ4n) is 4.70. The number of sulfonamides is 1. The van der Waals surface area contributed by atoms with E-state index in [0.29, 0.717) is 16.9 Å². The van der Waals surface area contributed by atoms with Gasteiger partial charge in [-0.15, -0.1) is 0 Å². The number of methoxy groups -OCH3 is 1. The van der Waals surface area contributed by atoms with Crippen LogP contribution in [0.25, 0.3) is 0 Å². The maximum Gasteiger partial charge on any atom is 0.241 e. The van der Waals surface area contributed by atoms with Gasteiger partial charge in [0.15, 0.2) is 0 Å². The zero-order valence-corrected chi connectivity index (χ0v) is 19.2. The van der Waals surface area contributed by atoms with E-state index in [4.69, 9.17) is 4.74 Å². The molecule has 2 aromatic carbocycles. The molecule has 2 fully saturated rings. The van der Waals surface area contributed by atoms with Crippen LogP contribution in [0.4, 0.5) is 0 Å². The smallest absolute Gasteiger partial charge is 0.241 e. The number of amides is 2. The predicted octanol–water partition coefficient (Wildman–Crippen LogP) is 3.16. The first-order chi connectivity index (χ1) is 15.3. The lowest BCUT2D eigenvalue weighted by atomic mass is 9.81. The molecule has 0 spiro atoms. The summed E-state index contributed by atoms with van der Waals surface area (Å²) in [5.41, 5.74) is 1.94. The van der Waals surface area contributed by atoms with E-state index < -0.39 is 10.0 Å². The molecule has 0 radical (unpaired) electrons. The van der Waals surface area contributed by atoms with E-state index >= 15 is 0 Å². The molecular weight excluding hydrogens is 428 g/mol. The lowest BCUT2D eigenvalue weighted by Gasteiger charge is -2.19. The highest BCUT2D eigenvalue weighted by Crippen LogP contribution is 2.38. The molecule has 2 amide bonds. The summed E-state index contributed by atoms with van der Waals surface area (Å²) < 4.78 is 34.0. The van der Waals surface area contributed by atoms with Crippen LogP contribution in [0.1, 0.15) is 42.4 Å². The average Bonchev–Trinajstić information content (AvgIpc) is 3.04. The minimum absolute atomic E-state index is 0.0858. The summed E-state index contributed by atoms with van der Waals surface area (Å²) >= 11 is 0. The minimum atomic E-state index is -3.81. The molecule has 0 aromatic heterocycles. The molecular formula is C24H28N2O5S. The number of nitrogens with zero attached hydrogens (tertiary/aromatic N) is 1. The molecule has 2 aromatic rings. The molecule has 7 nitrogen and oxygen atoms in total. The molecule has 1 aliphatic carbocycles. The van der Waals surface area contributed by atoms with Gasteiger partial charge in [0.05, 0.1) is 30.4 Å². The molecule has 4 rings (SSSR count). The Morgan fingerprint density at radius 3 is 2.34 bits per heavy atom. The van der Waals surface area contributed by atoms with Gasteiger partial charge in [-0.1, -0.05) is 43.2 Å². The van der Waals surface area contributed by atoms with Gasteiger partial charge in [-0.05, 0) is 43.0 Å². The van der Waals surface area contributed by atoms with E-state index in [-0.39, 0.29) is 41.6 Å². The van der Waals surface area contributed by atoms with Crippen molar-refractivity contribution in [1.82, 2.24) is 9.62 Å². The molecule has 2 aliphatic rings. The molecule has 1 saturated carbocycles. The highest BCUT2D eigenvalue weighted by molar-refractivity contribution is 7.89. The van der Waals surface area contributed by atoms with Crippen LogP contribution < -0.4 is 9.46 Å². The number of benzene rings is 2. The van der Waals surface area contributed by atoms with Crippen molar-refractivity contribution in [1.29, 1.82) is 0 Å². The molecule has 1 N–H and O–H groups in total. The SMILES string of the molecule is COc1ccccc1CNS(=O)(=O)c1cc(CN2C(=O)[C@@H]3CCCC[C@H]3C2=O)ccc1C. The van der Waals surface area contributed by atoms with Crippen molar-refractivity contribution in [2.45, 2.75) is 50.6 Å². The number of para-hydroxylation sites is 1. The Balaban J connectivity index is 1.53. The van der Waals surface area contributed by atoms with Crippen LogP contribution >= 0.6 is 0 Å². The van der Waals surface area contributed by atoms with E-state index in [0.717, 1.165) is 31.2 Å². The van der Waals surface area contributed by atoms with E-state index in [2.05, 4.69) is 4.72 Å². The fourth-order valence-corrected chi connectivity index (χ4v) is 6.00. The first-order valence-electron chi connectivity index (χ1n) is 10.9. The Kier molecular flexibility index (Phi) is 6.35. The highest BCUT2D eigenvalue weighted by atomic mass is 32.2. The second kappa shape index (κ2) is 9.03. The minimum Gasteiger partial charge on any atom is -0.496 e. The molecule has 2 atom stereocenters. The van der Waals surface area contributed by atoms with Crippen LogP contribution in [0, 0.1) is 18.8 Å². The molecule has 1 heterocycles. The second-order valence-electron chi connectivity index (χ2n) is 8.50. The summed E-state index contributed by atoms with van der Waals surface area (Å²) in [6.45, 7) is 1.91. The van der Waals surface area contributed by atoms with Crippen molar-refractivity contribution in [2.24, 2.45) is 11.8 Å². The Morgan fingerprint density at radius 2 is 1.69 bits per heavy atom. The lowest BCUT2D eigenvalue weighted by Crippen LogP contribution is -2.30. The van der Waals surface area contributed by atoms with Crippen LogP contribution in [0.3, 0.4) is 0 Å². The van der Waals surface area contributed by atoms with E-state index in [1.807, 2.05) is 12.1 Å². The number of nitrogens with one attached hydrogen (secondary N) is 1. The van der Waals surface area contributed by atoms with Gasteiger partial charge in [0.25, 0.3) is 0 Å². The number of carbonyl (C=O) groups is 2. The van der Waals surface area contributed by atoms with Gasteiger partial charge >= 0.3 is 0 Å². The molecule has 32 heavy (non-hydrogen) atoms. The number of likely N-dealkylation sites (tertiary alicyclic amines) is 1. The standard InChI is InChI=1S/C24H28N2O5S/c1-16-11-12-17(15-26-23(27)19-8-4-5-9-20(19)24(26)28)13-22(16)32(29,30)25-14-18-7-3-6-10-21(18)31-2/h3,6-7,10-13,19-20,25H,4-5,8-9,14-15H2,1-2H3/t19-,20-/m1/s1. The third kappa shape index (κ3) is 4.29. The van der Waals surface area contributed by atoms with Gasteiger partial charge < -0.3 is 4.74 Å². The van der Waals surface area contributed by atoms with E-state index in [1.54, 1.807) is 37.3 Å². The number of hydrogen-bond acceptors (Lipinski definition) is 5. The number of fused-ring (bicyclic) bond motifs is 1. The molecule has 1 saturated heterocycles. The van der Waals surface area contributed by atoms with Crippen molar-refractivity contribution in [3.05, 3.63) is 59.2 Å². The predicted molar refractivity (Wildman–Crippen MR) is 119 cm³/mol. The maximum atomic E-state index is 13.0. The molecule has 170 valence electrons. The Hall–Kier alpha value is -2.71. The first kappa shape index (κ1) is 22.5. The molecule has 0 bridgehead atoms. The summed E-state index contributed by atoms with van der Waals surface area (Å²) in [5, 5.41) is 0. The highest BCUT2D eigenvalue weighted by Gasteiger charge is 2.47. The second-order valence-corrected chi connectivity index (χ2v) is 10.2. The third-order valence-corrected chi connectivity index (χ3v) is 8.00. The number of carbonyl (C=O) groups excluding carboxylic acids is 2. The quantitative estimate of drug-likeness (QED) is 0.646. The Morgan fingerprint density at radius 1 is 1.03 bits per heavy atom. The average molecular weight is 457 g/mol. The number of aryl methyl sites for hydroxylation is 1. The normalized spacial score (nSPS) is 21.0. The van der Waals surface area contributed by atoms with Crippen molar-refractivity contribution in [3.8, 4) is 5.75 Å². The van der Waals surface area contributed by atoms with Gasteiger partial charge in [0.2, 0.25) is 21.8 Å². The fraction of sp³-hybridized carbons (Fsp3) is 0.417. The van der Waals surface area contributed by atoms with Crippen molar-refractivity contribution in [3.63, 3.8) is 0 Å². The van der Waals surface area contributed by atoms with Crippen molar-refractivity contribution in [2.75, 3.05) is 7.11 Å². The summed E-state index contributed by atoms with van der Waals surface area (Å²) in [4.78, 5) is 27.0.